The van der Waals surface area contributed by atoms with Gasteiger partial charge in [-0.3, -0.25) is 4.72 Å². The number of nitrogen functional groups attached to an aromatic ring is 1. The number of sulfonamides is 1. The maximum atomic E-state index is 14.8. The number of aromatic nitrogens is 1. The molecule has 3 rings (SSSR count). The van der Waals surface area contributed by atoms with Gasteiger partial charge in [0.1, 0.15) is 17.5 Å². The van der Waals surface area contributed by atoms with Crippen LogP contribution < -0.4 is 15.5 Å². The fraction of sp³-hybridized carbons (Fsp3) is 0.312. The predicted molar refractivity (Wildman–Crippen MR) is 97.7 cm³/mol. The van der Waals surface area contributed by atoms with Gasteiger partial charge in [0.05, 0.1) is 18.0 Å². The van der Waals surface area contributed by atoms with E-state index in [4.69, 9.17) is 5.73 Å². The molecule has 1 unspecified atom stereocenters. The second-order valence-electron chi connectivity index (χ2n) is 6.00. The molecule has 0 aliphatic carbocycles. The Hall–Kier alpha value is -2.82. The van der Waals surface area contributed by atoms with Crippen molar-refractivity contribution in [2.45, 2.75) is 19.4 Å². The Bertz CT molecular complexity index is 966. The molecule has 1 aromatic carbocycles. The van der Waals surface area contributed by atoms with Gasteiger partial charge in [0.25, 0.3) is 0 Å². The minimum atomic E-state index is -3.72. The average Bonchev–Trinajstić information content (AvgIpc) is 3.08. The Morgan fingerprint density at radius 3 is 2.74 bits per heavy atom. The van der Waals surface area contributed by atoms with Crippen molar-refractivity contribution in [3.63, 3.8) is 0 Å². The van der Waals surface area contributed by atoms with Crippen LogP contribution in [0.15, 0.2) is 40.8 Å². The maximum Gasteiger partial charge on any atom is 0.232 e. The quantitative estimate of drug-likeness (QED) is 0.779. The number of hydrogen-bond donors (Lipinski definition) is 2. The first kappa shape index (κ1) is 19.0. The normalized spacial score (nSPS) is 16.7. The Morgan fingerprint density at radius 2 is 2.07 bits per heavy atom. The molecule has 144 valence electrons. The minimum absolute atomic E-state index is 0.0740. The van der Waals surface area contributed by atoms with E-state index in [2.05, 4.69) is 20.0 Å². The van der Waals surface area contributed by atoms with Gasteiger partial charge in [-0.05, 0) is 30.2 Å². The van der Waals surface area contributed by atoms with Crippen LogP contribution >= 0.6 is 0 Å². The van der Waals surface area contributed by atoms with E-state index in [0.717, 1.165) is 17.1 Å². The van der Waals surface area contributed by atoms with E-state index in [1.54, 1.807) is 19.1 Å². The summed E-state index contributed by atoms with van der Waals surface area (Å²) in [6.07, 6.45) is 1.88. The van der Waals surface area contributed by atoms with Gasteiger partial charge in [-0.1, -0.05) is 18.2 Å². The highest BCUT2D eigenvalue weighted by Crippen LogP contribution is 2.35. The first-order chi connectivity index (χ1) is 12.8. The highest BCUT2D eigenvalue weighted by atomic mass is 32.2. The van der Waals surface area contributed by atoms with Crippen LogP contribution in [-0.2, 0) is 10.0 Å². The van der Waals surface area contributed by atoms with Crippen molar-refractivity contribution in [1.29, 1.82) is 0 Å². The molecular formula is C16H18F2N6O2S. The molecule has 27 heavy (non-hydrogen) atoms. The van der Waals surface area contributed by atoms with Gasteiger partial charge >= 0.3 is 0 Å². The van der Waals surface area contributed by atoms with E-state index >= 15 is 0 Å². The van der Waals surface area contributed by atoms with Crippen LogP contribution in [-0.4, -0.2) is 25.7 Å². The van der Waals surface area contributed by atoms with E-state index in [9.17, 15) is 17.2 Å². The number of hydrogen-bond acceptors (Lipinski definition) is 7. The number of anilines is 3. The number of nitrogens with zero attached hydrogens (tertiary/aromatic N) is 4. The van der Waals surface area contributed by atoms with Gasteiger partial charge in [0.15, 0.2) is 11.6 Å². The van der Waals surface area contributed by atoms with Gasteiger partial charge < -0.3 is 5.73 Å². The van der Waals surface area contributed by atoms with Crippen molar-refractivity contribution in [2.75, 3.05) is 27.8 Å². The fourth-order valence-electron chi connectivity index (χ4n) is 2.63. The Balaban J connectivity index is 1.86. The number of nitrogens with two attached hydrogens (primary N) is 1. The molecule has 0 fully saturated rings. The van der Waals surface area contributed by atoms with Crippen molar-refractivity contribution in [3.8, 4) is 0 Å². The zero-order valence-corrected chi connectivity index (χ0v) is 15.2. The Morgan fingerprint density at radius 1 is 1.30 bits per heavy atom. The summed E-state index contributed by atoms with van der Waals surface area (Å²) in [6, 6.07) is 4.85. The first-order valence-corrected chi connectivity index (χ1v) is 9.84. The molecule has 0 radical (unpaired) electrons. The summed E-state index contributed by atoms with van der Waals surface area (Å²) in [5.41, 5.74) is 5.42. The molecular weight excluding hydrogens is 378 g/mol. The van der Waals surface area contributed by atoms with Gasteiger partial charge in [-0.15, -0.1) is 0 Å². The van der Waals surface area contributed by atoms with Crippen molar-refractivity contribution < 1.29 is 17.2 Å². The smallest absolute Gasteiger partial charge is 0.232 e. The lowest BCUT2D eigenvalue weighted by atomic mass is 10.1. The van der Waals surface area contributed by atoms with Crippen LogP contribution in [0.1, 0.15) is 24.9 Å². The maximum absolute atomic E-state index is 14.8. The second kappa shape index (κ2) is 7.43. The second-order valence-corrected chi connectivity index (χ2v) is 7.84. The van der Waals surface area contributed by atoms with Crippen molar-refractivity contribution in [1.82, 2.24) is 4.98 Å². The summed E-state index contributed by atoms with van der Waals surface area (Å²) in [5, 5.41) is 8.89. The Kier molecular flexibility index (Phi) is 5.22. The van der Waals surface area contributed by atoms with Crippen LogP contribution in [0.4, 0.5) is 26.0 Å². The topological polar surface area (TPSA) is 113 Å². The van der Waals surface area contributed by atoms with E-state index in [1.165, 1.54) is 6.20 Å². The molecule has 1 aliphatic rings. The minimum Gasteiger partial charge on any atom is -0.384 e. The molecule has 0 saturated heterocycles. The van der Waals surface area contributed by atoms with Crippen molar-refractivity contribution >= 4 is 27.2 Å². The molecule has 1 atom stereocenters. The van der Waals surface area contributed by atoms with E-state index in [1.807, 2.05) is 0 Å². The standard InChI is InChI=1S/C16H18F2N6O2S/c1-2-7-27(25,26)22-12-5-4-11(17)16(15(12)18)24-9-13(21-23-24)10-3-6-14(19)20-8-10/h3-6,8,13,22H,2,7,9H2,1H3,(H2,19,20). The number of halogens is 2. The molecule has 1 aromatic heterocycles. The average molecular weight is 396 g/mol. The lowest BCUT2D eigenvalue weighted by Crippen LogP contribution is -2.21. The largest absolute Gasteiger partial charge is 0.384 e. The van der Waals surface area contributed by atoms with Gasteiger partial charge in [-0.2, -0.15) is 5.11 Å². The van der Waals surface area contributed by atoms with Crippen LogP contribution in [0.2, 0.25) is 0 Å². The summed E-state index contributed by atoms with van der Waals surface area (Å²) >= 11 is 0. The van der Waals surface area contributed by atoms with E-state index in [0.29, 0.717) is 17.8 Å². The molecule has 2 aromatic rings. The van der Waals surface area contributed by atoms with E-state index in [-0.39, 0.29) is 18.0 Å². The third-order valence-corrected chi connectivity index (χ3v) is 5.38. The molecule has 2 heterocycles. The van der Waals surface area contributed by atoms with Gasteiger partial charge in [0.2, 0.25) is 10.0 Å². The van der Waals surface area contributed by atoms with Crippen LogP contribution in [0.25, 0.3) is 0 Å². The van der Waals surface area contributed by atoms with Gasteiger partial charge in [-0.25, -0.2) is 27.2 Å². The monoisotopic (exact) mass is 396 g/mol. The summed E-state index contributed by atoms with van der Waals surface area (Å²) in [6.45, 7) is 1.76. The van der Waals surface area contributed by atoms with Crippen LogP contribution in [0, 0.1) is 11.6 Å². The molecule has 0 amide bonds. The third kappa shape index (κ3) is 4.13. The molecule has 0 bridgehead atoms. The summed E-state index contributed by atoms with van der Waals surface area (Å²) in [4.78, 5) is 3.96. The third-order valence-electron chi connectivity index (χ3n) is 3.90. The number of pyridine rings is 1. The van der Waals surface area contributed by atoms with Crippen LogP contribution in [0.3, 0.4) is 0 Å². The SMILES string of the molecule is CCCS(=O)(=O)Nc1ccc(F)c(N2CC(c3ccc(N)nc3)N=N2)c1F. The Labute approximate surface area is 155 Å². The van der Waals surface area contributed by atoms with Crippen LogP contribution in [0.5, 0.6) is 0 Å². The van der Waals surface area contributed by atoms with Gasteiger partial charge in [0, 0.05) is 6.20 Å². The number of nitrogens with one attached hydrogen (secondary N) is 1. The number of benzene rings is 1. The first-order valence-electron chi connectivity index (χ1n) is 8.19. The summed E-state index contributed by atoms with van der Waals surface area (Å²) in [5.74, 6) is -1.75. The van der Waals surface area contributed by atoms with Crippen molar-refractivity contribution in [2.24, 2.45) is 10.3 Å². The predicted octanol–water partition coefficient (Wildman–Crippen LogP) is 3.02. The summed E-state index contributed by atoms with van der Waals surface area (Å²) < 4.78 is 55.0. The lowest BCUT2D eigenvalue weighted by Gasteiger charge is -2.18. The number of rotatable bonds is 6. The molecule has 11 heteroatoms. The van der Waals surface area contributed by atoms with E-state index < -0.39 is 33.4 Å². The fourth-order valence-corrected chi connectivity index (χ4v) is 3.76. The lowest BCUT2D eigenvalue weighted by molar-refractivity contribution is 0.575. The molecule has 0 saturated carbocycles. The molecule has 8 nitrogen and oxygen atoms in total. The van der Waals surface area contributed by atoms with Crippen molar-refractivity contribution in [3.05, 3.63) is 47.7 Å². The summed E-state index contributed by atoms with van der Waals surface area (Å²) in [7, 11) is -3.72. The zero-order valence-electron chi connectivity index (χ0n) is 14.4. The molecule has 1 aliphatic heterocycles. The molecule has 0 spiro atoms. The highest BCUT2D eigenvalue weighted by molar-refractivity contribution is 7.92. The highest BCUT2D eigenvalue weighted by Gasteiger charge is 2.28. The zero-order chi connectivity index (χ0) is 19.6. The molecule has 3 N–H and O–H groups in total.